The number of likely N-dealkylation sites (tertiary alicyclic amines) is 2. The highest BCUT2D eigenvalue weighted by Gasteiger charge is 2.31. The number of nitrogens with zero attached hydrogens (tertiary/aromatic N) is 2. The summed E-state index contributed by atoms with van der Waals surface area (Å²) in [5.41, 5.74) is 3.44. The van der Waals surface area contributed by atoms with Crippen LogP contribution in [0.5, 0.6) is 0 Å². The van der Waals surface area contributed by atoms with Crippen LogP contribution in [-0.4, -0.2) is 59.6 Å². The second-order valence-electron chi connectivity index (χ2n) is 9.49. The second-order valence-corrected chi connectivity index (χ2v) is 9.49. The van der Waals surface area contributed by atoms with E-state index in [-0.39, 0.29) is 35.5 Å². The van der Waals surface area contributed by atoms with E-state index in [1.165, 1.54) is 0 Å². The third kappa shape index (κ3) is 5.93. The summed E-state index contributed by atoms with van der Waals surface area (Å²) >= 11 is 0. The van der Waals surface area contributed by atoms with Crippen molar-refractivity contribution in [3.8, 4) is 11.1 Å². The molecule has 0 aromatic heterocycles. The lowest BCUT2D eigenvalue weighted by atomic mass is 10.0. The van der Waals surface area contributed by atoms with Crippen molar-refractivity contribution in [1.29, 1.82) is 0 Å². The van der Waals surface area contributed by atoms with Gasteiger partial charge in [-0.15, -0.1) is 0 Å². The van der Waals surface area contributed by atoms with Crippen molar-refractivity contribution in [2.24, 2.45) is 11.8 Å². The minimum absolute atomic E-state index is 0.0568. The number of nitrogens with one attached hydrogen (secondary N) is 2. The Labute approximate surface area is 212 Å². The Morgan fingerprint density at radius 3 is 1.36 bits per heavy atom. The molecule has 8 heteroatoms. The average Bonchev–Trinajstić information content (AvgIpc) is 3.60. The number of benzene rings is 2. The van der Waals surface area contributed by atoms with Gasteiger partial charge < -0.3 is 20.4 Å². The Morgan fingerprint density at radius 2 is 1.03 bits per heavy atom. The fourth-order valence-corrected chi connectivity index (χ4v) is 4.83. The molecule has 2 N–H and O–H groups in total. The van der Waals surface area contributed by atoms with E-state index in [2.05, 4.69) is 10.6 Å². The van der Waals surface area contributed by atoms with E-state index in [4.69, 9.17) is 0 Å². The Hall–Kier alpha value is -3.68. The van der Waals surface area contributed by atoms with Crippen LogP contribution < -0.4 is 10.6 Å². The molecule has 2 atom stereocenters. The van der Waals surface area contributed by atoms with Crippen LogP contribution in [-0.2, 0) is 19.2 Å². The molecule has 2 fully saturated rings. The van der Waals surface area contributed by atoms with Crippen molar-refractivity contribution >= 4 is 35.0 Å². The molecule has 0 spiro atoms. The summed E-state index contributed by atoms with van der Waals surface area (Å²) in [4.78, 5) is 52.4. The van der Waals surface area contributed by atoms with Gasteiger partial charge in [-0.3, -0.25) is 19.2 Å². The van der Waals surface area contributed by atoms with E-state index in [0.29, 0.717) is 51.9 Å². The highest BCUT2D eigenvalue weighted by molar-refractivity contribution is 5.94. The van der Waals surface area contributed by atoms with Gasteiger partial charge in [-0.05, 0) is 48.2 Å². The van der Waals surface area contributed by atoms with Gasteiger partial charge >= 0.3 is 0 Å². The highest BCUT2D eigenvalue weighted by Crippen LogP contribution is 2.25. The topological polar surface area (TPSA) is 98.8 Å². The molecule has 190 valence electrons. The summed E-state index contributed by atoms with van der Waals surface area (Å²) in [7, 11) is 0. The van der Waals surface area contributed by atoms with E-state index < -0.39 is 0 Å². The van der Waals surface area contributed by atoms with Gasteiger partial charge in [0.05, 0.1) is 11.8 Å². The number of carbonyl (C=O) groups is 4. The molecule has 0 bridgehead atoms. The van der Waals surface area contributed by atoms with Crippen LogP contribution in [0.3, 0.4) is 0 Å². The molecule has 8 nitrogen and oxygen atoms in total. The Bertz CT molecular complexity index is 1020. The van der Waals surface area contributed by atoms with Gasteiger partial charge in [-0.25, -0.2) is 0 Å². The average molecular weight is 491 g/mol. The van der Waals surface area contributed by atoms with Gasteiger partial charge in [0.15, 0.2) is 0 Å². The molecule has 2 saturated heterocycles. The van der Waals surface area contributed by atoms with Gasteiger partial charge in [0.1, 0.15) is 0 Å². The maximum atomic E-state index is 12.6. The number of rotatable bonds is 7. The molecule has 2 aromatic rings. The van der Waals surface area contributed by atoms with Gasteiger partial charge in [0.25, 0.3) is 0 Å². The maximum Gasteiger partial charge on any atom is 0.229 e. The van der Waals surface area contributed by atoms with E-state index in [1.807, 2.05) is 62.4 Å². The monoisotopic (exact) mass is 490 g/mol. The molecule has 0 radical (unpaired) electrons. The summed E-state index contributed by atoms with van der Waals surface area (Å²) in [5.74, 6) is -0.287. The molecule has 2 aliphatic rings. The summed E-state index contributed by atoms with van der Waals surface area (Å²) in [6.45, 7) is 5.91. The fourth-order valence-electron chi connectivity index (χ4n) is 4.83. The van der Waals surface area contributed by atoms with Crippen LogP contribution in [0.1, 0.15) is 39.5 Å². The van der Waals surface area contributed by atoms with Gasteiger partial charge in [0.2, 0.25) is 23.6 Å². The third-order valence-electron chi connectivity index (χ3n) is 7.07. The summed E-state index contributed by atoms with van der Waals surface area (Å²) in [5, 5.41) is 5.92. The van der Waals surface area contributed by atoms with Crippen LogP contribution in [0.2, 0.25) is 0 Å². The van der Waals surface area contributed by atoms with Crippen molar-refractivity contribution in [3.63, 3.8) is 0 Å². The third-order valence-corrected chi connectivity index (χ3v) is 7.07. The van der Waals surface area contributed by atoms with E-state index in [0.717, 1.165) is 22.5 Å². The molecule has 2 aliphatic heterocycles. The SMILES string of the molecule is CCC(=O)N1CC[C@@H](C(=O)Nc2ccc(-c3ccc(NC(=O)[C@H]4CCN(C(=O)CC)C4)cc3)cc2)C1. The zero-order valence-corrected chi connectivity index (χ0v) is 21.0. The predicted octanol–water partition coefficient (Wildman–Crippen LogP) is 3.75. The lowest BCUT2D eigenvalue weighted by Gasteiger charge is -2.15. The number of anilines is 2. The smallest absolute Gasteiger partial charge is 0.229 e. The molecular formula is C28H34N4O4. The number of amides is 4. The maximum absolute atomic E-state index is 12.6. The molecular weight excluding hydrogens is 456 g/mol. The van der Waals surface area contributed by atoms with Crippen molar-refractivity contribution in [1.82, 2.24) is 9.80 Å². The van der Waals surface area contributed by atoms with Crippen LogP contribution in [0.25, 0.3) is 11.1 Å². The largest absolute Gasteiger partial charge is 0.342 e. The second kappa shape index (κ2) is 11.4. The van der Waals surface area contributed by atoms with Crippen molar-refractivity contribution in [2.45, 2.75) is 39.5 Å². The normalized spacial score (nSPS) is 19.3. The Morgan fingerprint density at radius 1 is 0.667 bits per heavy atom. The first-order chi connectivity index (χ1) is 17.4. The first-order valence-corrected chi connectivity index (χ1v) is 12.8. The summed E-state index contributed by atoms with van der Waals surface area (Å²) in [6, 6.07) is 15.3. The Balaban J connectivity index is 1.29. The lowest BCUT2D eigenvalue weighted by molar-refractivity contribution is -0.131. The summed E-state index contributed by atoms with van der Waals surface area (Å²) < 4.78 is 0. The first kappa shape index (κ1) is 25.4. The fraction of sp³-hybridized carbons (Fsp3) is 0.429. The minimum atomic E-state index is -0.178. The molecule has 4 rings (SSSR count). The van der Waals surface area contributed by atoms with E-state index in [1.54, 1.807) is 9.80 Å². The zero-order valence-electron chi connectivity index (χ0n) is 21.0. The molecule has 2 aromatic carbocycles. The molecule has 0 unspecified atom stereocenters. The summed E-state index contributed by atoms with van der Waals surface area (Å²) in [6.07, 6.45) is 2.30. The highest BCUT2D eigenvalue weighted by atomic mass is 16.2. The molecule has 4 amide bonds. The number of hydrogen-bond acceptors (Lipinski definition) is 4. The standard InChI is InChI=1S/C28H34N4O4/c1-3-25(33)31-15-13-21(17-31)27(35)29-23-9-5-19(6-10-23)20-7-11-24(12-8-20)30-28(36)22-14-16-32(18-22)26(34)4-2/h5-12,21-22H,3-4,13-18H2,1-2H3,(H,29,35)(H,30,36)/t21-,22+. The molecule has 0 aliphatic carbocycles. The quantitative estimate of drug-likeness (QED) is 0.618. The molecule has 36 heavy (non-hydrogen) atoms. The van der Waals surface area contributed by atoms with Crippen LogP contribution in [0.15, 0.2) is 48.5 Å². The van der Waals surface area contributed by atoms with Gasteiger partial charge in [0, 0.05) is 50.4 Å². The molecule has 0 saturated carbocycles. The van der Waals surface area contributed by atoms with E-state index >= 15 is 0 Å². The van der Waals surface area contributed by atoms with Crippen molar-refractivity contribution in [3.05, 3.63) is 48.5 Å². The van der Waals surface area contributed by atoms with Gasteiger partial charge in [-0.2, -0.15) is 0 Å². The van der Waals surface area contributed by atoms with Crippen LogP contribution >= 0.6 is 0 Å². The number of hydrogen-bond donors (Lipinski definition) is 2. The number of carbonyl (C=O) groups excluding carboxylic acids is 4. The first-order valence-electron chi connectivity index (χ1n) is 12.8. The molecule has 2 heterocycles. The van der Waals surface area contributed by atoms with Crippen molar-refractivity contribution < 1.29 is 19.2 Å². The van der Waals surface area contributed by atoms with Crippen molar-refractivity contribution in [2.75, 3.05) is 36.8 Å². The minimum Gasteiger partial charge on any atom is -0.342 e. The Kier molecular flexibility index (Phi) is 8.03. The van der Waals surface area contributed by atoms with E-state index in [9.17, 15) is 19.2 Å². The van der Waals surface area contributed by atoms with Gasteiger partial charge in [-0.1, -0.05) is 38.1 Å². The lowest BCUT2D eigenvalue weighted by Crippen LogP contribution is -2.30. The van der Waals surface area contributed by atoms with Crippen LogP contribution in [0.4, 0.5) is 11.4 Å². The predicted molar refractivity (Wildman–Crippen MR) is 139 cm³/mol. The van der Waals surface area contributed by atoms with Crippen LogP contribution in [0, 0.1) is 11.8 Å². The zero-order chi connectivity index (χ0) is 25.7.